The van der Waals surface area contributed by atoms with Gasteiger partial charge in [-0.15, -0.1) is 11.5 Å². The molecule has 5 heteroatoms. The highest BCUT2D eigenvalue weighted by atomic mass is 28.4. The molecule has 0 aromatic heterocycles. The molecule has 0 spiro atoms. The largest absolute Gasteiger partial charge is 0.410 e. The van der Waals surface area contributed by atoms with Crippen LogP contribution in [0.15, 0.2) is 12.2 Å². The molecule has 0 fully saturated rings. The normalized spacial score (nSPS) is 23.0. The molecule has 0 aromatic carbocycles. The topological polar surface area (TPSA) is 18.5 Å². The van der Waals surface area contributed by atoms with Crippen molar-refractivity contribution in [2.75, 3.05) is 0 Å². The van der Waals surface area contributed by atoms with Gasteiger partial charge in [0.1, 0.15) is 8.07 Å². The minimum atomic E-state index is -1.72. The summed E-state index contributed by atoms with van der Waals surface area (Å²) in [5.74, 6) is 3.54. The first-order valence-electron chi connectivity index (χ1n) is 11.6. The summed E-state index contributed by atoms with van der Waals surface area (Å²) in [5.41, 5.74) is 3.33. The first-order chi connectivity index (χ1) is 13.1. The third kappa shape index (κ3) is 6.98. The lowest BCUT2D eigenvalue weighted by atomic mass is 9.99. The van der Waals surface area contributed by atoms with Crippen LogP contribution in [0.1, 0.15) is 54.4 Å². The Morgan fingerprint density at radius 2 is 1.36 bits per heavy atom. The van der Waals surface area contributed by atoms with Crippen LogP contribution in [-0.2, 0) is 8.85 Å². The van der Waals surface area contributed by atoms with E-state index in [1.54, 1.807) is 0 Å². The van der Waals surface area contributed by atoms with Gasteiger partial charge in [0.2, 0.25) is 0 Å². The summed E-state index contributed by atoms with van der Waals surface area (Å²) >= 11 is 0. The summed E-state index contributed by atoms with van der Waals surface area (Å²) in [7, 11) is -4.70. The molecule has 0 unspecified atom stereocenters. The standard InChI is InChI=1S/C23H46O2Si3/c1-10-27(11-2,12-3)24-22-17-19-23(21-22,18-16-20-26(7,8)9)25-28(13-4,14-5)15-6/h17,19,22H,10-15,18,21H2,1-9H3/t22-,23+/m1/s1. The third-order valence-corrected chi connectivity index (χ3v) is 17.0. The molecule has 0 saturated carbocycles. The van der Waals surface area contributed by atoms with Crippen molar-refractivity contribution in [2.45, 2.75) is 122 Å². The van der Waals surface area contributed by atoms with Crippen molar-refractivity contribution < 1.29 is 8.85 Å². The van der Waals surface area contributed by atoms with Gasteiger partial charge in [-0.05, 0) is 36.3 Å². The van der Waals surface area contributed by atoms with E-state index in [-0.39, 0.29) is 11.7 Å². The summed E-state index contributed by atoms with van der Waals surface area (Å²) in [6, 6.07) is 7.14. The van der Waals surface area contributed by atoms with Gasteiger partial charge in [-0.25, -0.2) is 0 Å². The van der Waals surface area contributed by atoms with E-state index in [1.165, 1.54) is 36.3 Å². The van der Waals surface area contributed by atoms with Crippen LogP contribution in [0.3, 0.4) is 0 Å². The summed E-state index contributed by atoms with van der Waals surface area (Å²) in [6.07, 6.45) is 6.62. The number of hydrogen-bond acceptors (Lipinski definition) is 2. The molecule has 162 valence electrons. The van der Waals surface area contributed by atoms with E-state index in [4.69, 9.17) is 8.85 Å². The molecule has 1 rings (SSSR count). The SMILES string of the molecule is CC[Si](CC)(CC)O[C@@H]1C=C[C@](CC#C[Si](C)(C)C)(O[Si](CC)(CC)CC)C1. The molecule has 0 bridgehead atoms. The van der Waals surface area contributed by atoms with Crippen LogP contribution in [-0.4, -0.2) is 36.4 Å². The fourth-order valence-corrected chi connectivity index (χ4v) is 10.7. The van der Waals surface area contributed by atoms with Crippen molar-refractivity contribution in [1.29, 1.82) is 0 Å². The van der Waals surface area contributed by atoms with E-state index < -0.39 is 24.7 Å². The van der Waals surface area contributed by atoms with Crippen LogP contribution >= 0.6 is 0 Å². The van der Waals surface area contributed by atoms with Gasteiger partial charge in [0, 0.05) is 12.8 Å². The van der Waals surface area contributed by atoms with Crippen LogP contribution in [0.5, 0.6) is 0 Å². The predicted molar refractivity (Wildman–Crippen MR) is 133 cm³/mol. The van der Waals surface area contributed by atoms with E-state index in [0.29, 0.717) is 0 Å². The van der Waals surface area contributed by atoms with Gasteiger partial charge < -0.3 is 8.85 Å². The lowest BCUT2D eigenvalue weighted by Gasteiger charge is -2.40. The Balaban J connectivity index is 3.10. The van der Waals surface area contributed by atoms with Crippen LogP contribution in [0.25, 0.3) is 0 Å². The monoisotopic (exact) mass is 438 g/mol. The maximum absolute atomic E-state index is 7.10. The first kappa shape index (κ1) is 25.9. The molecule has 0 radical (unpaired) electrons. The second kappa shape index (κ2) is 10.8. The zero-order chi connectivity index (χ0) is 21.5. The minimum Gasteiger partial charge on any atom is -0.410 e. The Kier molecular flexibility index (Phi) is 9.96. The van der Waals surface area contributed by atoms with Crippen molar-refractivity contribution in [3.05, 3.63) is 12.2 Å². The quantitative estimate of drug-likeness (QED) is 0.190. The second-order valence-corrected chi connectivity index (χ2v) is 23.8. The summed E-state index contributed by atoms with van der Waals surface area (Å²) in [6.45, 7) is 20.8. The lowest BCUT2D eigenvalue weighted by molar-refractivity contribution is 0.0781. The Labute approximate surface area is 179 Å². The van der Waals surface area contributed by atoms with Crippen LogP contribution in [0.4, 0.5) is 0 Å². The summed E-state index contributed by atoms with van der Waals surface area (Å²) in [4.78, 5) is 0. The predicted octanol–water partition coefficient (Wildman–Crippen LogP) is 7.37. The zero-order valence-corrected chi connectivity index (χ0v) is 23.2. The van der Waals surface area contributed by atoms with Crippen molar-refractivity contribution in [2.24, 2.45) is 0 Å². The van der Waals surface area contributed by atoms with E-state index in [1.807, 2.05) is 0 Å². The molecule has 2 atom stereocenters. The third-order valence-electron chi connectivity index (χ3n) is 6.70. The average Bonchev–Trinajstić information content (AvgIpc) is 3.05. The molecule has 0 N–H and O–H groups in total. The van der Waals surface area contributed by atoms with Crippen molar-refractivity contribution in [3.8, 4) is 11.5 Å². The molecule has 1 aliphatic rings. The van der Waals surface area contributed by atoms with Crippen molar-refractivity contribution >= 4 is 24.7 Å². The zero-order valence-electron chi connectivity index (χ0n) is 20.2. The van der Waals surface area contributed by atoms with Gasteiger partial charge in [0.05, 0.1) is 11.7 Å². The van der Waals surface area contributed by atoms with Crippen molar-refractivity contribution in [3.63, 3.8) is 0 Å². The van der Waals surface area contributed by atoms with Crippen LogP contribution < -0.4 is 0 Å². The van der Waals surface area contributed by atoms with Gasteiger partial charge in [-0.2, -0.15) is 0 Å². The van der Waals surface area contributed by atoms with E-state index in [2.05, 4.69) is 84.8 Å². The maximum Gasteiger partial charge on any atom is 0.193 e. The smallest absolute Gasteiger partial charge is 0.193 e. The van der Waals surface area contributed by atoms with Crippen molar-refractivity contribution in [1.82, 2.24) is 0 Å². The van der Waals surface area contributed by atoms with Gasteiger partial charge in [0.25, 0.3) is 0 Å². The first-order valence-corrected chi connectivity index (χ1v) is 20.2. The molecular formula is C23H46O2Si3. The highest BCUT2D eigenvalue weighted by Gasteiger charge is 2.44. The second-order valence-electron chi connectivity index (χ2n) is 9.60. The van der Waals surface area contributed by atoms with Gasteiger partial charge >= 0.3 is 0 Å². The Bertz CT molecular complexity index is 546. The Morgan fingerprint density at radius 3 is 1.79 bits per heavy atom. The molecule has 0 amide bonds. The molecule has 0 saturated heterocycles. The summed E-state index contributed by atoms with van der Waals surface area (Å²) in [5, 5.41) is 0. The highest BCUT2D eigenvalue weighted by molar-refractivity contribution is 6.83. The van der Waals surface area contributed by atoms with Gasteiger partial charge in [0.15, 0.2) is 16.6 Å². The Hall–Kier alpha value is -0.129. The molecule has 1 aliphatic carbocycles. The number of hydrogen-bond donors (Lipinski definition) is 0. The van der Waals surface area contributed by atoms with E-state index in [0.717, 1.165) is 12.8 Å². The minimum absolute atomic E-state index is 0.206. The molecule has 28 heavy (non-hydrogen) atoms. The lowest BCUT2D eigenvalue weighted by Crippen LogP contribution is -2.47. The molecule has 0 aliphatic heterocycles. The van der Waals surface area contributed by atoms with Gasteiger partial charge in [-0.1, -0.05) is 73.3 Å². The molecule has 0 heterocycles. The van der Waals surface area contributed by atoms with E-state index in [9.17, 15) is 0 Å². The molecule has 0 aromatic rings. The highest BCUT2D eigenvalue weighted by Crippen LogP contribution is 2.39. The van der Waals surface area contributed by atoms with Gasteiger partial charge in [-0.3, -0.25) is 0 Å². The van der Waals surface area contributed by atoms with Crippen LogP contribution in [0.2, 0.25) is 55.9 Å². The number of rotatable bonds is 11. The molecular weight excluding hydrogens is 393 g/mol. The average molecular weight is 439 g/mol. The Morgan fingerprint density at radius 1 is 0.857 bits per heavy atom. The summed E-state index contributed by atoms with van der Waals surface area (Å²) < 4.78 is 13.9. The maximum atomic E-state index is 7.10. The fourth-order valence-electron chi connectivity index (χ4n) is 4.26. The van der Waals surface area contributed by atoms with E-state index >= 15 is 0 Å². The van der Waals surface area contributed by atoms with Crippen LogP contribution in [0, 0.1) is 11.5 Å². The molecule has 2 nitrogen and oxygen atoms in total. The fraction of sp³-hybridized carbons (Fsp3) is 0.826.